The summed E-state index contributed by atoms with van der Waals surface area (Å²) in [6.45, 7) is 0.0648. The van der Waals surface area contributed by atoms with Crippen LogP contribution >= 0.6 is 11.6 Å². The van der Waals surface area contributed by atoms with Gasteiger partial charge >= 0.3 is 6.18 Å². The molecule has 0 saturated heterocycles. The van der Waals surface area contributed by atoms with E-state index in [0.717, 1.165) is 12.1 Å². The molecule has 1 aromatic heterocycles. The lowest BCUT2D eigenvalue weighted by Gasteiger charge is -2.15. The van der Waals surface area contributed by atoms with E-state index in [0.29, 0.717) is 32.9 Å². The van der Waals surface area contributed by atoms with Gasteiger partial charge in [-0.05, 0) is 42.0 Å². The van der Waals surface area contributed by atoms with Crippen LogP contribution in [-0.2, 0) is 12.7 Å². The van der Waals surface area contributed by atoms with Crippen molar-refractivity contribution in [2.24, 2.45) is 0 Å². The van der Waals surface area contributed by atoms with Crippen LogP contribution in [-0.4, -0.2) is 9.55 Å². The lowest BCUT2D eigenvalue weighted by molar-refractivity contribution is -0.137. The number of alkyl halides is 3. The molecule has 7 heteroatoms. The van der Waals surface area contributed by atoms with Gasteiger partial charge in [-0.25, -0.2) is 4.98 Å². The van der Waals surface area contributed by atoms with Gasteiger partial charge in [0.1, 0.15) is 5.82 Å². The largest absolute Gasteiger partial charge is 0.416 e. The predicted octanol–water partition coefficient (Wildman–Crippen LogP) is 5.78. The van der Waals surface area contributed by atoms with Crippen molar-refractivity contribution < 1.29 is 13.2 Å². The minimum Gasteiger partial charge on any atom is -0.288 e. The first kappa shape index (κ1) is 19.2. The Labute approximate surface area is 169 Å². The Morgan fingerprint density at radius 2 is 1.55 bits per heavy atom. The minimum absolute atomic E-state index is 0.0648. The maximum absolute atomic E-state index is 13.2. The van der Waals surface area contributed by atoms with Crippen LogP contribution in [0.3, 0.4) is 0 Å². The number of nitrogens with zero attached hydrogens (tertiary/aromatic N) is 2. The van der Waals surface area contributed by atoms with E-state index in [-0.39, 0.29) is 12.1 Å². The Hall–Kier alpha value is -3.12. The van der Waals surface area contributed by atoms with Crippen molar-refractivity contribution >= 4 is 22.5 Å². The molecule has 4 aromatic rings. The number of rotatable bonds is 3. The molecule has 4 rings (SSSR count). The van der Waals surface area contributed by atoms with Gasteiger partial charge in [0, 0.05) is 5.56 Å². The van der Waals surface area contributed by atoms with Crippen molar-refractivity contribution in [1.82, 2.24) is 9.55 Å². The van der Waals surface area contributed by atoms with Crippen LogP contribution in [0, 0.1) is 0 Å². The average molecular weight is 415 g/mol. The molecule has 0 aliphatic rings. The van der Waals surface area contributed by atoms with E-state index in [1.807, 2.05) is 0 Å². The van der Waals surface area contributed by atoms with Gasteiger partial charge in [-0.2, -0.15) is 13.2 Å². The highest BCUT2D eigenvalue weighted by molar-refractivity contribution is 6.33. The molecule has 0 aliphatic carbocycles. The SMILES string of the molecule is O=c1c2ccccc2nc(-c2ccccc2Cl)n1Cc1ccc(C(F)(F)F)cc1. The molecule has 146 valence electrons. The summed E-state index contributed by atoms with van der Waals surface area (Å²) >= 11 is 6.33. The third kappa shape index (κ3) is 3.76. The first-order valence-electron chi connectivity index (χ1n) is 8.75. The second kappa shape index (κ2) is 7.37. The summed E-state index contributed by atoms with van der Waals surface area (Å²) in [6, 6.07) is 18.7. The molecule has 3 nitrogen and oxygen atoms in total. The second-order valence-electron chi connectivity index (χ2n) is 6.52. The van der Waals surface area contributed by atoms with Crippen LogP contribution in [0.5, 0.6) is 0 Å². The van der Waals surface area contributed by atoms with Crippen LogP contribution < -0.4 is 5.56 Å². The van der Waals surface area contributed by atoms with E-state index in [1.165, 1.54) is 16.7 Å². The first-order chi connectivity index (χ1) is 13.8. The molecule has 0 spiro atoms. The fourth-order valence-electron chi connectivity index (χ4n) is 3.14. The summed E-state index contributed by atoms with van der Waals surface area (Å²) in [6.07, 6.45) is -4.41. The lowest BCUT2D eigenvalue weighted by Crippen LogP contribution is -2.24. The van der Waals surface area contributed by atoms with Crippen LogP contribution in [0.4, 0.5) is 13.2 Å². The molecule has 0 amide bonds. The van der Waals surface area contributed by atoms with Gasteiger partial charge in [0.25, 0.3) is 5.56 Å². The van der Waals surface area contributed by atoms with E-state index in [2.05, 4.69) is 4.98 Å². The van der Waals surface area contributed by atoms with Crippen LogP contribution in [0.15, 0.2) is 77.6 Å². The quantitative estimate of drug-likeness (QED) is 0.425. The van der Waals surface area contributed by atoms with Crippen molar-refractivity contribution in [2.45, 2.75) is 12.7 Å². The van der Waals surface area contributed by atoms with E-state index < -0.39 is 11.7 Å². The average Bonchev–Trinajstić information content (AvgIpc) is 2.70. The van der Waals surface area contributed by atoms with Crippen LogP contribution in [0.2, 0.25) is 5.02 Å². The zero-order valence-electron chi connectivity index (χ0n) is 14.9. The van der Waals surface area contributed by atoms with Gasteiger partial charge in [-0.15, -0.1) is 0 Å². The fourth-order valence-corrected chi connectivity index (χ4v) is 3.36. The highest BCUT2D eigenvalue weighted by Gasteiger charge is 2.30. The number of hydrogen-bond acceptors (Lipinski definition) is 2. The summed E-state index contributed by atoms with van der Waals surface area (Å²) in [5.41, 5.74) is 0.618. The molecule has 1 heterocycles. The van der Waals surface area contributed by atoms with Crippen molar-refractivity contribution in [1.29, 1.82) is 0 Å². The maximum atomic E-state index is 13.2. The highest BCUT2D eigenvalue weighted by atomic mass is 35.5. The number of halogens is 4. The Morgan fingerprint density at radius 1 is 0.897 bits per heavy atom. The van der Waals surface area contributed by atoms with Crippen LogP contribution in [0.1, 0.15) is 11.1 Å². The minimum atomic E-state index is -4.41. The van der Waals surface area contributed by atoms with Gasteiger partial charge in [0.05, 0.1) is 28.0 Å². The van der Waals surface area contributed by atoms with Crippen molar-refractivity contribution in [3.05, 3.63) is 99.3 Å². The van der Waals surface area contributed by atoms with Gasteiger partial charge in [0.15, 0.2) is 0 Å². The summed E-state index contributed by atoms with van der Waals surface area (Å²) in [5.74, 6) is 0.360. The third-order valence-electron chi connectivity index (χ3n) is 4.60. The second-order valence-corrected chi connectivity index (χ2v) is 6.93. The number of fused-ring (bicyclic) bond motifs is 1. The number of benzene rings is 3. The summed E-state index contributed by atoms with van der Waals surface area (Å²) in [5, 5.41) is 0.853. The van der Waals surface area contributed by atoms with Gasteiger partial charge in [0.2, 0.25) is 0 Å². The number of aromatic nitrogens is 2. The molecule has 0 radical (unpaired) electrons. The summed E-state index contributed by atoms with van der Waals surface area (Å²) in [4.78, 5) is 17.8. The monoisotopic (exact) mass is 414 g/mol. The fraction of sp³-hybridized carbons (Fsp3) is 0.0909. The van der Waals surface area contributed by atoms with E-state index in [1.54, 1.807) is 48.5 Å². The van der Waals surface area contributed by atoms with Gasteiger partial charge < -0.3 is 0 Å². The normalized spacial score (nSPS) is 11.7. The molecule has 3 aromatic carbocycles. The van der Waals surface area contributed by atoms with Gasteiger partial charge in [-0.1, -0.05) is 48.0 Å². The smallest absolute Gasteiger partial charge is 0.288 e. The Morgan fingerprint density at radius 3 is 2.24 bits per heavy atom. The van der Waals surface area contributed by atoms with Gasteiger partial charge in [-0.3, -0.25) is 9.36 Å². The number of para-hydroxylation sites is 1. The Bertz CT molecular complexity index is 1250. The standard InChI is InChI=1S/C22H14ClF3N2O/c23-18-7-3-1-5-16(18)20-27-19-8-4-2-6-17(19)21(29)28(20)13-14-9-11-15(12-10-14)22(24,25)26/h1-12H,13H2. The number of hydrogen-bond donors (Lipinski definition) is 0. The molecular weight excluding hydrogens is 401 g/mol. The molecule has 0 fully saturated rings. The highest BCUT2D eigenvalue weighted by Crippen LogP contribution is 2.30. The molecule has 0 unspecified atom stereocenters. The summed E-state index contributed by atoms with van der Waals surface area (Å²) in [7, 11) is 0. The molecule has 0 N–H and O–H groups in total. The predicted molar refractivity (Wildman–Crippen MR) is 107 cm³/mol. The van der Waals surface area contributed by atoms with Crippen LogP contribution in [0.25, 0.3) is 22.3 Å². The zero-order chi connectivity index (χ0) is 20.6. The Kier molecular flexibility index (Phi) is 4.88. The summed E-state index contributed by atoms with van der Waals surface area (Å²) < 4.78 is 39.9. The van der Waals surface area contributed by atoms with Crippen molar-refractivity contribution in [3.8, 4) is 11.4 Å². The van der Waals surface area contributed by atoms with E-state index in [9.17, 15) is 18.0 Å². The molecule has 0 atom stereocenters. The van der Waals surface area contributed by atoms with E-state index in [4.69, 9.17) is 11.6 Å². The molecule has 29 heavy (non-hydrogen) atoms. The van der Waals surface area contributed by atoms with Crippen molar-refractivity contribution in [2.75, 3.05) is 0 Å². The zero-order valence-corrected chi connectivity index (χ0v) is 15.7. The molecule has 0 bridgehead atoms. The Balaban J connectivity index is 1.88. The topological polar surface area (TPSA) is 34.9 Å². The molecule has 0 saturated carbocycles. The molecule has 0 aliphatic heterocycles. The maximum Gasteiger partial charge on any atom is 0.416 e. The lowest BCUT2D eigenvalue weighted by atomic mass is 10.1. The van der Waals surface area contributed by atoms with Crippen molar-refractivity contribution in [3.63, 3.8) is 0 Å². The third-order valence-corrected chi connectivity index (χ3v) is 4.93. The van der Waals surface area contributed by atoms with E-state index >= 15 is 0 Å². The molecular formula is C22H14ClF3N2O. The first-order valence-corrected chi connectivity index (χ1v) is 9.13.